The smallest absolute Gasteiger partial charge is 0.280 e. The Morgan fingerprint density at radius 2 is 1.81 bits per heavy atom. The standard InChI is InChI=1S/C10H19NO3Si2/c1-5-6-7-8(15)10(13)11(9(7)12)14-16(2,3)4/h5-6H2,1-4,15H3. The van der Waals surface area contributed by atoms with Crippen molar-refractivity contribution < 1.29 is 14.1 Å². The van der Waals surface area contributed by atoms with Crippen LogP contribution in [0, 0.1) is 0 Å². The van der Waals surface area contributed by atoms with E-state index in [4.69, 9.17) is 4.53 Å². The van der Waals surface area contributed by atoms with Crippen LogP contribution in [0.2, 0.25) is 19.6 Å². The van der Waals surface area contributed by atoms with Crippen molar-refractivity contribution in [2.75, 3.05) is 0 Å². The molecule has 0 bridgehead atoms. The van der Waals surface area contributed by atoms with Crippen molar-refractivity contribution in [1.82, 2.24) is 5.06 Å². The van der Waals surface area contributed by atoms with Gasteiger partial charge in [-0.15, -0.1) is 0 Å². The van der Waals surface area contributed by atoms with Crippen LogP contribution in [0.5, 0.6) is 0 Å². The lowest BCUT2D eigenvalue weighted by Gasteiger charge is -2.23. The van der Waals surface area contributed by atoms with Gasteiger partial charge in [-0.05, 0) is 26.1 Å². The first-order valence-electron chi connectivity index (χ1n) is 5.55. The number of rotatable bonds is 4. The van der Waals surface area contributed by atoms with E-state index in [1.54, 1.807) is 0 Å². The first-order chi connectivity index (χ1) is 7.28. The monoisotopic (exact) mass is 257 g/mol. The Kier molecular flexibility index (Phi) is 3.87. The summed E-state index contributed by atoms with van der Waals surface area (Å²) in [6.07, 6.45) is 1.55. The number of carbonyl (C=O) groups excluding carboxylic acids is 2. The fourth-order valence-corrected chi connectivity index (χ4v) is 2.94. The third kappa shape index (κ3) is 2.69. The van der Waals surface area contributed by atoms with Crippen LogP contribution in [-0.4, -0.2) is 35.4 Å². The molecule has 0 fully saturated rings. The van der Waals surface area contributed by atoms with Crippen LogP contribution in [0.3, 0.4) is 0 Å². The molecule has 6 heteroatoms. The number of hydroxylamine groups is 2. The maximum atomic E-state index is 12.0. The highest BCUT2D eigenvalue weighted by molar-refractivity contribution is 6.70. The lowest BCUT2D eigenvalue weighted by Crippen LogP contribution is -2.41. The predicted octanol–water partition coefficient (Wildman–Crippen LogP) is 0.541. The molecule has 90 valence electrons. The van der Waals surface area contributed by atoms with Gasteiger partial charge < -0.3 is 4.53 Å². The molecule has 0 saturated carbocycles. The third-order valence-electron chi connectivity index (χ3n) is 2.27. The topological polar surface area (TPSA) is 46.6 Å². The van der Waals surface area contributed by atoms with E-state index in [1.165, 1.54) is 0 Å². The van der Waals surface area contributed by atoms with E-state index in [9.17, 15) is 9.59 Å². The second-order valence-corrected chi connectivity index (χ2v) is 10.4. The van der Waals surface area contributed by atoms with E-state index in [1.807, 2.05) is 26.6 Å². The predicted molar refractivity (Wildman–Crippen MR) is 68.2 cm³/mol. The fourth-order valence-electron chi connectivity index (χ4n) is 1.56. The van der Waals surface area contributed by atoms with Crippen LogP contribution in [0.25, 0.3) is 0 Å². The van der Waals surface area contributed by atoms with Gasteiger partial charge in [0.15, 0.2) is 0 Å². The molecule has 0 saturated heterocycles. The zero-order valence-corrected chi connectivity index (χ0v) is 13.6. The minimum absolute atomic E-state index is 0.234. The first-order valence-corrected chi connectivity index (χ1v) is 9.96. The largest absolute Gasteiger partial charge is 0.310 e. The van der Waals surface area contributed by atoms with Gasteiger partial charge in [-0.2, -0.15) is 5.06 Å². The molecule has 0 aliphatic carbocycles. The third-order valence-corrected chi connectivity index (χ3v) is 4.03. The van der Waals surface area contributed by atoms with Crippen molar-refractivity contribution in [2.45, 2.75) is 39.4 Å². The summed E-state index contributed by atoms with van der Waals surface area (Å²) in [5, 5.41) is 1.66. The van der Waals surface area contributed by atoms with E-state index in [0.717, 1.165) is 11.5 Å². The lowest BCUT2D eigenvalue weighted by atomic mass is 10.1. The summed E-state index contributed by atoms with van der Waals surface area (Å²) in [6, 6.07) is 0. The highest BCUT2D eigenvalue weighted by atomic mass is 28.4. The zero-order chi connectivity index (χ0) is 12.5. The van der Waals surface area contributed by atoms with Crippen LogP contribution < -0.4 is 0 Å². The summed E-state index contributed by atoms with van der Waals surface area (Å²) >= 11 is 0. The van der Waals surface area contributed by atoms with Crippen molar-refractivity contribution in [1.29, 1.82) is 0 Å². The van der Waals surface area contributed by atoms with Gasteiger partial charge in [-0.3, -0.25) is 9.59 Å². The Labute approximate surface area is 100 Å². The number of hydrogen-bond donors (Lipinski definition) is 0. The molecular formula is C10H19NO3Si2. The van der Waals surface area contributed by atoms with E-state index in [0.29, 0.717) is 27.4 Å². The minimum atomic E-state index is -1.91. The van der Waals surface area contributed by atoms with Crippen molar-refractivity contribution in [3.8, 4) is 0 Å². The van der Waals surface area contributed by atoms with Crippen LogP contribution in [0.4, 0.5) is 0 Å². The first kappa shape index (κ1) is 13.3. The minimum Gasteiger partial charge on any atom is -0.310 e. The van der Waals surface area contributed by atoms with Crippen LogP contribution >= 0.6 is 0 Å². The van der Waals surface area contributed by atoms with Crippen molar-refractivity contribution in [2.24, 2.45) is 0 Å². The SMILES string of the molecule is CCCC1=C([SiH3])C(=O)N(O[Si](C)(C)C)C1=O. The molecule has 1 aliphatic heterocycles. The number of imide groups is 1. The molecule has 1 rings (SSSR count). The van der Waals surface area contributed by atoms with Gasteiger partial charge in [0.05, 0.1) is 0 Å². The molecule has 0 radical (unpaired) electrons. The van der Waals surface area contributed by atoms with E-state index >= 15 is 0 Å². The molecule has 16 heavy (non-hydrogen) atoms. The molecule has 0 aromatic heterocycles. The quantitative estimate of drug-likeness (QED) is 0.545. The van der Waals surface area contributed by atoms with Gasteiger partial charge >= 0.3 is 0 Å². The summed E-state index contributed by atoms with van der Waals surface area (Å²) in [6.45, 7) is 7.87. The second-order valence-electron chi connectivity index (χ2n) is 4.96. The summed E-state index contributed by atoms with van der Waals surface area (Å²) in [4.78, 5) is 23.8. The fraction of sp³-hybridized carbons (Fsp3) is 0.600. The number of hydrogen-bond acceptors (Lipinski definition) is 3. The van der Waals surface area contributed by atoms with Gasteiger partial charge in [0.25, 0.3) is 11.8 Å². The molecule has 0 aromatic rings. The second kappa shape index (κ2) is 4.64. The summed E-state index contributed by atoms with van der Waals surface area (Å²) in [5.74, 6) is -0.471. The molecule has 0 unspecified atom stereocenters. The van der Waals surface area contributed by atoms with Crippen LogP contribution in [0.15, 0.2) is 10.8 Å². The average molecular weight is 257 g/mol. The molecular weight excluding hydrogens is 238 g/mol. The van der Waals surface area contributed by atoms with Gasteiger partial charge in [0, 0.05) is 21.0 Å². The summed E-state index contributed by atoms with van der Waals surface area (Å²) < 4.78 is 5.52. The Morgan fingerprint density at radius 1 is 1.25 bits per heavy atom. The van der Waals surface area contributed by atoms with Crippen LogP contribution in [-0.2, 0) is 14.1 Å². The zero-order valence-electron chi connectivity index (χ0n) is 10.6. The number of carbonyl (C=O) groups is 2. The molecule has 4 nitrogen and oxygen atoms in total. The van der Waals surface area contributed by atoms with E-state index < -0.39 is 8.32 Å². The van der Waals surface area contributed by atoms with Gasteiger partial charge in [0.1, 0.15) is 0 Å². The lowest BCUT2D eigenvalue weighted by molar-refractivity contribution is -0.165. The molecule has 2 amide bonds. The van der Waals surface area contributed by atoms with Gasteiger partial charge in [-0.1, -0.05) is 13.3 Å². The maximum Gasteiger partial charge on any atom is 0.280 e. The van der Waals surface area contributed by atoms with Crippen molar-refractivity contribution in [3.05, 3.63) is 10.8 Å². The van der Waals surface area contributed by atoms with Crippen LogP contribution in [0.1, 0.15) is 19.8 Å². The van der Waals surface area contributed by atoms with Gasteiger partial charge in [0.2, 0.25) is 8.32 Å². The number of amides is 2. The van der Waals surface area contributed by atoms with E-state index in [-0.39, 0.29) is 11.8 Å². The van der Waals surface area contributed by atoms with Crippen molar-refractivity contribution in [3.63, 3.8) is 0 Å². The Morgan fingerprint density at radius 3 is 2.25 bits per heavy atom. The molecule has 0 spiro atoms. The average Bonchev–Trinajstić information content (AvgIpc) is 2.33. The van der Waals surface area contributed by atoms with Gasteiger partial charge in [-0.25, -0.2) is 0 Å². The summed E-state index contributed by atoms with van der Waals surface area (Å²) in [5.41, 5.74) is 0.664. The molecule has 0 atom stereocenters. The Bertz CT molecular complexity index is 358. The normalized spacial score (nSPS) is 17.9. The Hall–Kier alpha value is -0.726. The number of nitrogens with zero attached hydrogens (tertiary/aromatic N) is 1. The molecule has 1 aliphatic rings. The van der Waals surface area contributed by atoms with E-state index in [2.05, 4.69) is 0 Å². The molecule has 1 heterocycles. The maximum absolute atomic E-state index is 12.0. The Balaban J connectivity index is 2.89. The molecule has 0 aromatic carbocycles. The molecule has 0 N–H and O–H groups in total. The van der Waals surface area contributed by atoms with Crippen molar-refractivity contribution >= 4 is 30.4 Å². The highest BCUT2D eigenvalue weighted by Crippen LogP contribution is 2.24. The summed E-state index contributed by atoms with van der Waals surface area (Å²) in [7, 11) is -1.31. The highest BCUT2D eigenvalue weighted by Gasteiger charge is 2.38.